The summed E-state index contributed by atoms with van der Waals surface area (Å²) in [5, 5.41) is 5.41. The molecular weight excluding hydrogens is 384 g/mol. The monoisotopic (exact) mass is 408 g/mol. The van der Waals surface area contributed by atoms with Gasteiger partial charge in [-0.25, -0.2) is 4.79 Å². The molecule has 156 valence electrons. The number of urea groups is 1. The number of carbonyl (C=O) groups is 3. The number of nitrogens with one attached hydrogen (secondary N) is 2. The van der Waals surface area contributed by atoms with E-state index in [4.69, 9.17) is 4.74 Å². The van der Waals surface area contributed by atoms with Crippen LogP contribution in [0, 0.1) is 0 Å². The maximum Gasteiger partial charge on any atom is 0.325 e. The van der Waals surface area contributed by atoms with E-state index in [1.54, 1.807) is 0 Å². The van der Waals surface area contributed by atoms with Gasteiger partial charge in [0.1, 0.15) is 12.6 Å². The predicted octanol–water partition coefficient (Wildman–Crippen LogP) is 1.62. The minimum atomic E-state index is -0.652. The highest BCUT2D eigenvalue weighted by Crippen LogP contribution is 2.19. The number of imide groups is 1. The third-order valence-electron chi connectivity index (χ3n) is 5.22. The molecule has 2 aromatic carbocycles. The molecule has 2 saturated heterocycles. The fourth-order valence-electron chi connectivity index (χ4n) is 3.64. The van der Waals surface area contributed by atoms with E-state index >= 15 is 0 Å². The van der Waals surface area contributed by atoms with E-state index in [2.05, 4.69) is 15.5 Å². The van der Waals surface area contributed by atoms with Crippen LogP contribution in [0.3, 0.4) is 0 Å². The van der Waals surface area contributed by atoms with Crippen LogP contribution in [0.25, 0.3) is 0 Å². The van der Waals surface area contributed by atoms with Crippen molar-refractivity contribution < 1.29 is 19.1 Å². The molecule has 2 fully saturated rings. The summed E-state index contributed by atoms with van der Waals surface area (Å²) in [5.74, 6) is -0.806. The lowest BCUT2D eigenvalue weighted by Crippen LogP contribution is -2.38. The summed E-state index contributed by atoms with van der Waals surface area (Å²) in [7, 11) is 0. The molecule has 8 nitrogen and oxygen atoms in total. The molecule has 0 saturated carbocycles. The van der Waals surface area contributed by atoms with Crippen molar-refractivity contribution in [2.24, 2.45) is 0 Å². The van der Waals surface area contributed by atoms with E-state index in [0.29, 0.717) is 25.3 Å². The Labute approximate surface area is 174 Å². The SMILES string of the molecule is O=C(CN1C(=O)N[C@H](Cc2ccccc2)C1=O)Nc1ccc(N2CCOCC2)cc1. The molecule has 4 rings (SSSR count). The molecule has 4 amide bonds. The number of anilines is 2. The Bertz CT molecular complexity index is 910. The molecular formula is C22H24N4O4. The van der Waals surface area contributed by atoms with Gasteiger partial charge in [-0.1, -0.05) is 30.3 Å². The number of rotatable bonds is 6. The summed E-state index contributed by atoms with van der Waals surface area (Å²) >= 11 is 0. The summed E-state index contributed by atoms with van der Waals surface area (Å²) in [6, 6.07) is 15.7. The van der Waals surface area contributed by atoms with Gasteiger partial charge in [0.25, 0.3) is 5.91 Å². The summed E-state index contributed by atoms with van der Waals surface area (Å²) < 4.78 is 5.36. The van der Waals surface area contributed by atoms with Gasteiger partial charge in [0, 0.05) is 30.9 Å². The molecule has 0 aromatic heterocycles. The molecule has 0 bridgehead atoms. The molecule has 2 N–H and O–H groups in total. The Morgan fingerprint density at radius 2 is 1.73 bits per heavy atom. The molecule has 0 spiro atoms. The standard InChI is InChI=1S/C22H24N4O4/c27-20(23-17-6-8-18(9-7-17)25-10-12-30-13-11-25)15-26-21(28)19(24-22(26)29)14-16-4-2-1-3-5-16/h1-9,19H,10-15H2,(H,23,27)(H,24,29)/t19-/m1/s1. The van der Waals surface area contributed by atoms with Gasteiger partial charge in [0.15, 0.2) is 0 Å². The molecule has 1 atom stereocenters. The van der Waals surface area contributed by atoms with Crippen LogP contribution < -0.4 is 15.5 Å². The zero-order chi connectivity index (χ0) is 20.9. The molecule has 2 aliphatic heterocycles. The van der Waals surface area contributed by atoms with Crippen LogP contribution in [0.5, 0.6) is 0 Å². The van der Waals surface area contributed by atoms with E-state index < -0.39 is 18.0 Å². The number of hydrogen-bond donors (Lipinski definition) is 2. The number of nitrogens with zero attached hydrogens (tertiary/aromatic N) is 2. The van der Waals surface area contributed by atoms with Crippen LogP contribution in [-0.4, -0.2) is 61.6 Å². The van der Waals surface area contributed by atoms with Gasteiger partial charge < -0.3 is 20.3 Å². The number of ether oxygens (including phenoxy) is 1. The first-order chi connectivity index (χ1) is 14.6. The fourth-order valence-corrected chi connectivity index (χ4v) is 3.64. The highest BCUT2D eigenvalue weighted by molar-refractivity contribution is 6.08. The van der Waals surface area contributed by atoms with Crippen molar-refractivity contribution in [1.29, 1.82) is 0 Å². The first-order valence-corrected chi connectivity index (χ1v) is 9.98. The minimum absolute atomic E-state index is 0.318. The minimum Gasteiger partial charge on any atom is -0.378 e. The number of carbonyl (C=O) groups excluding carboxylic acids is 3. The summed E-state index contributed by atoms with van der Waals surface area (Å²) in [6.45, 7) is 2.76. The Morgan fingerprint density at radius 3 is 2.43 bits per heavy atom. The Balaban J connectivity index is 1.32. The zero-order valence-corrected chi connectivity index (χ0v) is 16.5. The summed E-state index contributed by atoms with van der Waals surface area (Å²) in [5.41, 5.74) is 2.63. The molecule has 30 heavy (non-hydrogen) atoms. The lowest BCUT2D eigenvalue weighted by Gasteiger charge is -2.28. The van der Waals surface area contributed by atoms with Crippen molar-refractivity contribution in [3.05, 3.63) is 60.2 Å². The average Bonchev–Trinajstić information content (AvgIpc) is 3.03. The normalized spacial score (nSPS) is 19.0. The van der Waals surface area contributed by atoms with E-state index in [1.807, 2.05) is 54.6 Å². The number of hydrogen-bond acceptors (Lipinski definition) is 5. The number of amides is 4. The van der Waals surface area contributed by atoms with Gasteiger partial charge in [-0.15, -0.1) is 0 Å². The predicted molar refractivity (Wildman–Crippen MR) is 112 cm³/mol. The zero-order valence-electron chi connectivity index (χ0n) is 16.5. The smallest absolute Gasteiger partial charge is 0.325 e. The van der Waals surface area contributed by atoms with Gasteiger partial charge in [-0.05, 0) is 29.8 Å². The van der Waals surface area contributed by atoms with Crippen molar-refractivity contribution in [1.82, 2.24) is 10.2 Å². The van der Waals surface area contributed by atoms with Crippen molar-refractivity contribution in [2.45, 2.75) is 12.5 Å². The van der Waals surface area contributed by atoms with Gasteiger partial charge >= 0.3 is 6.03 Å². The Morgan fingerprint density at radius 1 is 1.03 bits per heavy atom. The lowest BCUT2D eigenvalue weighted by molar-refractivity contribution is -0.130. The molecule has 0 radical (unpaired) electrons. The third kappa shape index (κ3) is 4.60. The Kier molecular flexibility index (Phi) is 5.94. The highest BCUT2D eigenvalue weighted by atomic mass is 16.5. The van der Waals surface area contributed by atoms with Gasteiger partial charge in [0.2, 0.25) is 5.91 Å². The summed E-state index contributed by atoms with van der Waals surface area (Å²) in [6.07, 6.45) is 0.395. The van der Waals surface area contributed by atoms with Crippen LogP contribution >= 0.6 is 0 Å². The number of morpholine rings is 1. The molecule has 0 aliphatic carbocycles. The van der Waals surface area contributed by atoms with Gasteiger partial charge in [0.05, 0.1) is 13.2 Å². The van der Waals surface area contributed by atoms with Gasteiger partial charge in [-0.3, -0.25) is 14.5 Å². The van der Waals surface area contributed by atoms with Crippen LogP contribution in [0.4, 0.5) is 16.2 Å². The maximum absolute atomic E-state index is 12.6. The second kappa shape index (κ2) is 8.96. The molecule has 8 heteroatoms. The van der Waals surface area contributed by atoms with E-state index in [1.165, 1.54) is 0 Å². The quantitative estimate of drug-likeness (QED) is 0.709. The largest absolute Gasteiger partial charge is 0.378 e. The van der Waals surface area contributed by atoms with Crippen LogP contribution in [0.2, 0.25) is 0 Å². The highest BCUT2D eigenvalue weighted by Gasteiger charge is 2.38. The van der Waals surface area contributed by atoms with E-state index in [-0.39, 0.29) is 12.5 Å². The first kappa shape index (κ1) is 19.9. The molecule has 2 aromatic rings. The maximum atomic E-state index is 12.6. The van der Waals surface area contributed by atoms with E-state index in [9.17, 15) is 14.4 Å². The van der Waals surface area contributed by atoms with Gasteiger partial charge in [-0.2, -0.15) is 0 Å². The molecule has 2 heterocycles. The van der Waals surface area contributed by atoms with Crippen molar-refractivity contribution >= 4 is 29.2 Å². The van der Waals surface area contributed by atoms with Crippen LogP contribution in [-0.2, 0) is 20.7 Å². The Hall–Kier alpha value is -3.39. The number of benzene rings is 2. The lowest BCUT2D eigenvalue weighted by atomic mass is 10.1. The second-order valence-corrected chi connectivity index (χ2v) is 7.31. The van der Waals surface area contributed by atoms with E-state index in [0.717, 1.165) is 29.2 Å². The fraction of sp³-hybridized carbons (Fsp3) is 0.318. The third-order valence-corrected chi connectivity index (χ3v) is 5.22. The van der Waals surface area contributed by atoms with Crippen molar-refractivity contribution in [3.63, 3.8) is 0 Å². The molecule has 2 aliphatic rings. The second-order valence-electron chi connectivity index (χ2n) is 7.31. The van der Waals surface area contributed by atoms with Crippen LogP contribution in [0.15, 0.2) is 54.6 Å². The van der Waals surface area contributed by atoms with Crippen molar-refractivity contribution in [2.75, 3.05) is 43.1 Å². The molecule has 0 unspecified atom stereocenters. The first-order valence-electron chi connectivity index (χ1n) is 9.98. The summed E-state index contributed by atoms with van der Waals surface area (Å²) in [4.78, 5) is 40.3. The van der Waals surface area contributed by atoms with Crippen molar-refractivity contribution in [3.8, 4) is 0 Å². The average molecular weight is 408 g/mol. The van der Waals surface area contributed by atoms with Crippen LogP contribution in [0.1, 0.15) is 5.56 Å². The topological polar surface area (TPSA) is 91.0 Å².